The summed E-state index contributed by atoms with van der Waals surface area (Å²) in [5, 5.41) is 6.27. The van der Waals surface area contributed by atoms with Gasteiger partial charge < -0.3 is 25.8 Å². The lowest BCUT2D eigenvalue weighted by atomic mass is 9.92. The van der Waals surface area contributed by atoms with Crippen LogP contribution in [-0.2, 0) is 9.53 Å². The Hall–Kier alpha value is -1.95. The van der Waals surface area contributed by atoms with Gasteiger partial charge in [0.05, 0.1) is 17.1 Å². The summed E-state index contributed by atoms with van der Waals surface area (Å²) in [7, 11) is 0. The zero-order valence-corrected chi connectivity index (χ0v) is 11.5. The van der Waals surface area contributed by atoms with Crippen LogP contribution in [0.3, 0.4) is 0 Å². The van der Waals surface area contributed by atoms with Gasteiger partial charge in [0, 0.05) is 24.8 Å². The number of ether oxygens (including phenoxy) is 2. The van der Waals surface area contributed by atoms with E-state index in [1.165, 1.54) is 0 Å². The van der Waals surface area contributed by atoms with E-state index < -0.39 is 0 Å². The summed E-state index contributed by atoms with van der Waals surface area (Å²) >= 11 is 0. The summed E-state index contributed by atoms with van der Waals surface area (Å²) in [6.45, 7) is 3.68. The molecule has 1 fully saturated rings. The number of benzene rings is 1. The van der Waals surface area contributed by atoms with Crippen LogP contribution < -0.4 is 21.1 Å². The highest BCUT2D eigenvalue weighted by Gasteiger charge is 2.28. The van der Waals surface area contributed by atoms with Gasteiger partial charge >= 0.3 is 0 Å². The Kier molecular flexibility index (Phi) is 3.17. The molecule has 108 valence electrons. The van der Waals surface area contributed by atoms with E-state index in [1.807, 2.05) is 6.07 Å². The number of nitrogens with one attached hydrogen (secondary N) is 2. The van der Waals surface area contributed by atoms with Crippen molar-refractivity contribution in [3.8, 4) is 5.75 Å². The van der Waals surface area contributed by atoms with E-state index in [1.54, 1.807) is 6.07 Å². The van der Waals surface area contributed by atoms with Crippen LogP contribution in [0.2, 0.25) is 0 Å². The molecule has 4 N–H and O–H groups in total. The number of fused-ring (bicyclic) bond motifs is 1. The monoisotopic (exact) mass is 277 g/mol. The highest BCUT2D eigenvalue weighted by molar-refractivity contribution is 5.97. The van der Waals surface area contributed by atoms with Crippen molar-refractivity contribution in [3.63, 3.8) is 0 Å². The minimum Gasteiger partial charge on any atom is -0.482 e. The molecule has 0 aromatic heterocycles. The molecule has 2 heterocycles. The van der Waals surface area contributed by atoms with Gasteiger partial charge in [-0.2, -0.15) is 0 Å². The van der Waals surface area contributed by atoms with E-state index in [4.69, 9.17) is 15.2 Å². The average molecular weight is 277 g/mol. The fourth-order valence-corrected chi connectivity index (χ4v) is 2.52. The van der Waals surface area contributed by atoms with Gasteiger partial charge in [-0.25, -0.2) is 0 Å². The van der Waals surface area contributed by atoms with Gasteiger partial charge in [-0.1, -0.05) is 0 Å². The van der Waals surface area contributed by atoms with Crippen molar-refractivity contribution in [1.29, 1.82) is 0 Å². The maximum atomic E-state index is 11.4. The van der Waals surface area contributed by atoms with Gasteiger partial charge in [-0.05, 0) is 25.8 Å². The Bertz CT molecular complexity index is 539. The SMILES string of the molecule is CC1(Nc2cc3c(cc2N)OCC(=O)N3)CCOCC1. The molecule has 3 rings (SSSR count). The first-order valence-electron chi connectivity index (χ1n) is 6.78. The topological polar surface area (TPSA) is 85.6 Å². The standard InChI is InChI=1S/C14H19N3O3/c1-14(2-4-19-5-3-14)17-10-7-11-12(6-9(10)15)20-8-13(18)16-11/h6-7,17H,2-5,8,15H2,1H3,(H,16,18). The van der Waals surface area contributed by atoms with Crippen LogP contribution >= 0.6 is 0 Å². The predicted molar refractivity (Wildman–Crippen MR) is 77.1 cm³/mol. The molecule has 0 radical (unpaired) electrons. The first-order chi connectivity index (χ1) is 9.56. The second kappa shape index (κ2) is 4.86. The van der Waals surface area contributed by atoms with E-state index in [9.17, 15) is 4.79 Å². The number of carbonyl (C=O) groups is 1. The van der Waals surface area contributed by atoms with Crippen LogP contribution in [0.4, 0.5) is 17.1 Å². The minimum absolute atomic E-state index is 0.0360. The molecule has 6 heteroatoms. The molecule has 1 amide bonds. The van der Waals surface area contributed by atoms with Crippen LogP contribution in [0.1, 0.15) is 19.8 Å². The Morgan fingerprint density at radius 1 is 1.35 bits per heavy atom. The Morgan fingerprint density at radius 3 is 2.85 bits per heavy atom. The summed E-state index contributed by atoms with van der Waals surface area (Å²) in [5.74, 6) is 0.468. The number of hydrogen-bond donors (Lipinski definition) is 3. The minimum atomic E-state index is -0.148. The summed E-state index contributed by atoms with van der Waals surface area (Å²) < 4.78 is 10.7. The largest absolute Gasteiger partial charge is 0.482 e. The fraction of sp³-hybridized carbons (Fsp3) is 0.500. The molecule has 1 aromatic carbocycles. The molecule has 0 bridgehead atoms. The summed E-state index contributed by atoms with van der Waals surface area (Å²) in [6, 6.07) is 3.59. The normalized spacial score (nSPS) is 20.6. The van der Waals surface area contributed by atoms with Gasteiger partial charge in [-0.15, -0.1) is 0 Å². The number of nitrogen functional groups attached to an aromatic ring is 1. The molecule has 0 aliphatic carbocycles. The molecule has 1 saturated heterocycles. The zero-order chi connectivity index (χ0) is 14.2. The Balaban J connectivity index is 1.86. The second-order valence-corrected chi connectivity index (χ2v) is 5.57. The summed E-state index contributed by atoms with van der Waals surface area (Å²) in [6.07, 6.45) is 1.85. The Labute approximate surface area is 117 Å². The van der Waals surface area contributed by atoms with E-state index >= 15 is 0 Å². The lowest BCUT2D eigenvalue weighted by Gasteiger charge is -2.36. The van der Waals surface area contributed by atoms with Crippen molar-refractivity contribution in [2.45, 2.75) is 25.3 Å². The smallest absolute Gasteiger partial charge is 0.262 e. The van der Waals surface area contributed by atoms with Crippen molar-refractivity contribution in [3.05, 3.63) is 12.1 Å². The molecule has 0 spiro atoms. The third-order valence-electron chi connectivity index (χ3n) is 3.82. The highest BCUT2D eigenvalue weighted by atomic mass is 16.5. The van der Waals surface area contributed by atoms with Gasteiger partial charge in [0.25, 0.3) is 5.91 Å². The van der Waals surface area contributed by atoms with Crippen molar-refractivity contribution in [2.75, 3.05) is 36.2 Å². The van der Waals surface area contributed by atoms with Gasteiger partial charge in [0.15, 0.2) is 6.61 Å². The van der Waals surface area contributed by atoms with Crippen LogP contribution in [0.5, 0.6) is 5.75 Å². The third kappa shape index (κ3) is 2.51. The first-order valence-corrected chi connectivity index (χ1v) is 6.78. The molecule has 20 heavy (non-hydrogen) atoms. The van der Waals surface area contributed by atoms with Crippen LogP contribution in [-0.4, -0.2) is 31.3 Å². The van der Waals surface area contributed by atoms with Crippen LogP contribution in [0.25, 0.3) is 0 Å². The van der Waals surface area contributed by atoms with Crippen molar-refractivity contribution in [1.82, 2.24) is 0 Å². The molecule has 0 unspecified atom stereocenters. The average Bonchev–Trinajstić information content (AvgIpc) is 2.41. The van der Waals surface area contributed by atoms with E-state index in [-0.39, 0.29) is 18.1 Å². The van der Waals surface area contributed by atoms with E-state index in [2.05, 4.69) is 17.6 Å². The number of rotatable bonds is 2. The summed E-state index contributed by atoms with van der Waals surface area (Å²) in [5.41, 5.74) is 8.12. The number of anilines is 3. The lowest BCUT2D eigenvalue weighted by molar-refractivity contribution is -0.118. The van der Waals surface area contributed by atoms with Gasteiger partial charge in [0.2, 0.25) is 0 Å². The first kappa shape index (κ1) is 13.1. The highest BCUT2D eigenvalue weighted by Crippen LogP contribution is 2.37. The van der Waals surface area contributed by atoms with Crippen LogP contribution in [0.15, 0.2) is 12.1 Å². The number of amides is 1. The predicted octanol–water partition coefficient (Wildman–Crippen LogP) is 1.58. The maximum Gasteiger partial charge on any atom is 0.262 e. The molecule has 1 aromatic rings. The maximum absolute atomic E-state index is 11.4. The lowest BCUT2D eigenvalue weighted by Crippen LogP contribution is -2.40. The molecule has 6 nitrogen and oxygen atoms in total. The molecular formula is C14H19N3O3. The fourth-order valence-electron chi connectivity index (χ4n) is 2.52. The number of carbonyl (C=O) groups excluding carboxylic acids is 1. The number of nitrogens with two attached hydrogens (primary N) is 1. The van der Waals surface area contributed by atoms with E-state index in [0.29, 0.717) is 17.1 Å². The van der Waals surface area contributed by atoms with Crippen molar-refractivity contribution >= 4 is 23.0 Å². The second-order valence-electron chi connectivity index (χ2n) is 5.57. The van der Waals surface area contributed by atoms with Gasteiger partial charge in [-0.3, -0.25) is 4.79 Å². The Morgan fingerprint density at radius 2 is 2.10 bits per heavy atom. The quantitative estimate of drug-likeness (QED) is 0.715. The molecule has 0 atom stereocenters. The van der Waals surface area contributed by atoms with Crippen molar-refractivity contribution < 1.29 is 14.3 Å². The van der Waals surface area contributed by atoms with Crippen molar-refractivity contribution in [2.24, 2.45) is 0 Å². The zero-order valence-electron chi connectivity index (χ0n) is 11.5. The molecular weight excluding hydrogens is 258 g/mol. The summed E-state index contributed by atoms with van der Waals surface area (Å²) in [4.78, 5) is 11.4. The third-order valence-corrected chi connectivity index (χ3v) is 3.82. The molecule has 2 aliphatic heterocycles. The molecule has 0 saturated carbocycles. The van der Waals surface area contributed by atoms with Crippen LogP contribution in [0, 0.1) is 0 Å². The van der Waals surface area contributed by atoms with E-state index in [0.717, 1.165) is 31.7 Å². The molecule has 2 aliphatic rings. The number of hydrogen-bond acceptors (Lipinski definition) is 5. The van der Waals surface area contributed by atoms with Gasteiger partial charge in [0.1, 0.15) is 5.75 Å².